The lowest BCUT2D eigenvalue weighted by atomic mass is 10.0. The standard InChI is InChI=1S/C28H35N5O6S/c1-16(31-26(36)21(29)11-12-40-2)25(35)32-23(14-18-15-30-22-6-4-3-5-20(18)22)27(37)33-24(28(38)39)13-17-7-9-19(34)10-8-17/h3-10,15-16,21,23-24,30,34H,11-14,29H2,1-2H3,(H,31,36)(H,32,35)(H,33,37)(H,38,39). The second kappa shape index (κ2) is 14.4. The number of nitrogens with one attached hydrogen (secondary N) is 4. The van der Waals surface area contributed by atoms with Gasteiger partial charge in [0.2, 0.25) is 17.7 Å². The monoisotopic (exact) mass is 569 g/mol. The first-order valence-corrected chi connectivity index (χ1v) is 14.2. The first kappa shape index (κ1) is 30.5. The fourth-order valence-corrected chi connectivity index (χ4v) is 4.62. The Balaban J connectivity index is 1.77. The number of carboxylic acids is 1. The third kappa shape index (κ3) is 8.48. The second-order valence-electron chi connectivity index (χ2n) is 9.51. The molecular weight excluding hydrogens is 534 g/mol. The zero-order chi connectivity index (χ0) is 29.2. The lowest BCUT2D eigenvalue weighted by Crippen LogP contribution is -2.57. The third-order valence-electron chi connectivity index (χ3n) is 6.44. The van der Waals surface area contributed by atoms with Gasteiger partial charge in [0.25, 0.3) is 0 Å². The van der Waals surface area contributed by atoms with Crippen molar-refractivity contribution < 1.29 is 29.4 Å². The van der Waals surface area contributed by atoms with Gasteiger partial charge in [0.1, 0.15) is 23.9 Å². The lowest BCUT2D eigenvalue weighted by molar-refractivity contribution is -0.142. The number of hydrogen-bond donors (Lipinski definition) is 7. The topological polar surface area (TPSA) is 187 Å². The van der Waals surface area contributed by atoms with Crippen LogP contribution in [0.1, 0.15) is 24.5 Å². The summed E-state index contributed by atoms with van der Waals surface area (Å²) in [6, 6.07) is 9.27. The number of amides is 3. The number of nitrogens with two attached hydrogens (primary N) is 1. The van der Waals surface area contributed by atoms with Crippen molar-refractivity contribution in [1.82, 2.24) is 20.9 Å². The maximum atomic E-state index is 13.4. The Morgan fingerprint density at radius 1 is 0.925 bits per heavy atom. The van der Waals surface area contributed by atoms with Crippen LogP contribution in [0, 0.1) is 0 Å². The average molecular weight is 570 g/mol. The fourth-order valence-electron chi connectivity index (χ4n) is 4.13. The quantitative estimate of drug-likeness (QED) is 0.151. The molecule has 0 aliphatic heterocycles. The molecule has 3 amide bonds. The molecule has 4 unspecified atom stereocenters. The number of aliphatic carboxylic acids is 1. The molecule has 1 heterocycles. The molecule has 214 valence electrons. The Bertz CT molecular complexity index is 1330. The molecule has 3 rings (SSSR count). The number of H-pyrrole nitrogens is 1. The summed E-state index contributed by atoms with van der Waals surface area (Å²) in [5.41, 5.74) is 8.09. The van der Waals surface area contributed by atoms with Gasteiger partial charge in [-0.25, -0.2) is 4.79 Å². The molecule has 11 nitrogen and oxygen atoms in total. The van der Waals surface area contributed by atoms with Crippen LogP contribution in [0.2, 0.25) is 0 Å². The van der Waals surface area contributed by atoms with Gasteiger partial charge < -0.3 is 36.9 Å². The zero-order valence-electron chi connectivity index (χ0n) is 22.3. The van der Waals surface area contributed by atoms with Gasteiger partial charge in [-0.05, 0) is 54.7 Å². The summed E-state index contributed by atoms with van der Waals surface area (Å²) in [6.45, 7) is 1.49. The van der Waals surface area contributed by atoms with E-state index in [1.165, 1.54) is 19.1 Å². The highest BCUT2D eigenvalue weighted by Gasteiger charge is 2.29. The van der Waals surface area contributed by atoms with Gasteiger partial charge in [-0.15, -0.1) is 0 Å². The number of carboxylic acid groups (broad SMARTS) is 1. The van der Waals surface area contributed by atoms with Crippen LogP contribution in [0.3, 0.4) is 0 Å². The van der Waals surface area contributed by atoms with Crippen molar-refractivity contribution in [2.24, 2.45) is 5.73 Å². The molecule has 0 saturated heterocycles. The van der Waals surface area contributed by atoms with E-state index in [2.05, 4.69) is 20.9 Å². The molecule has 0 aliphatic rings. The van der Waals surface area contributed by atoms with Gasteiger partial charge in [0, 0.05) is 29.9 Å². The van der Waals surface area contributed by atoms with Crippen LogP contribution in [0.25, 0.3) is 10.9 Å². The van der Waals surface area contributed by atoms with Crippen molar-refractivity contribution in [1.29, 1.82) is 0 Å². The minimum absolute atomic E-state index is 0.0322. The number of benzene rings is 2. The number of thioether (sulfide) groups is 1. The van der Waals surface area contributed by atoms with Crippen LogP contribution in [0.15, 0.2) is 54.7 Å². The van der Waals surface area contributed by atoms with Gasteiger partial charge >= 0.3 is 5.97 Å². The van der Waals surface area contributed by atoms with Crippen molar-refractivity contribution in [2.75, 3.05) is 12.0 Å². The number of phenols is 1. The molecule has 1 aromatic heterocycles. The molecule has 0 fully saturated rings. The highest BCUT2D eigenvalue weighted by molar-refractivity contribution is 7.98. The van der Waals surface area contributed by atoms with E-state index < -0.39 is 47.9 Å². The summed E-state index contributed by atoms with van der Waals surface area (Å²) >= 11 is 1.55. The molecule has 2 aromatic carbocycles. The fraction of sp³-hybridized carbons (Fsp3) is 0.357. The number of carbonyl (C=O) groups excluding carboxylic acids is 3. The normalized spacial score (nSPS) is 14.1. The van der Waals surface area contributed by atoms with E-state index in [-0.39, 0.29) is 18.6 Å². The van der Waals surface area contributed by atoms with E-state index in [0.717, 1.165) is 16.5 Å². The maximum absolute atomic E-state index is 13.4. The number of rotatable bonds is 14. The van der Waals surface area contributed by atoms with Crippen LogP contribution >= 0.6 is 11.8 Å². The molecule has 0 saturated carbocycles. The van der Waals surface area contributed by atoms with Crippen molar-refractivity contribution in [2.45, 2.75) is 50.4 Å². The molecule has 0 bridgehead atoms. The Morgan fingerprint density at radius 3 is 2.27 bits per heavy atom. The van der Waals surface area contributed by atoms with Gasteiger partial charge in [0.05, 0.1) is 6.04 Å². The number of aromatic hydroxyl groups is 1. The summed E-state index contributed by atoms with van der Waals surface area (Å²) in [5.74, 6) is -2.31. The summed E-state index contributed by atoms with van der Waals surface area (Å²) in [4.78, 5) is 54.0. The molecule has 8 N–H and O–H groups in total. The highest BCUT2D eigenvalue weighted by atomic mass is 32.2. The Morgan fingerprint density at radius 2 is 1.60 bits per heavy atom. The molecule has 0 aliphatic carbocycles. The molecule has 12 heteroatoms. The molecular formula is C28H35N5O6S. The van der Waals surface area contributed by atoms with Crippen LogP contribution in [0.4, 0.5) is 0 Å². The van der Waals surface area contributed by atoms with Crippen molar-refractivity contribution >= 4 is 46.4 Å². The molecule has 4 atom stereocenters. The molecule has 3 aromatic rings. The zero-order valence-corrected chi connectivity index (χ0v) is 23.2. The number of fused-ring (bicyclic) bond motifs is 1. The van der Waals surface area contributed by atoms with Crippen LogP contribution in [0.5, 0.6) is 5.75 Å². The van der Waals surface area contributed by atoms with E-state index in [0.29, 0.717) is 17.7 Å². The van der Waals surface area contributed by atoms with Crippen LogP contribution in [-0.4, -0.2) is 75.1 Å². The van der Waals surface area contributed by atoms with Crippen molar-refractivity contribution in [3.63, 3.8) is 0 Å². The van der Waals surface area contributed by atoms with Gasteiger partial charge in [-0.1, -0.05) is 30.3 Å². The predicted molar refractivity (Wildman–Crippen MR) is 154 cm³/mol. The highest BCUT2D eigenvalue weighted by Crippen LogP contribution is 2.19. The van der Waals surface area contributed by atoms with Crippen LogP contribution in [-0.2, 0) is 32.0 Å². The van der Waals surface area contributed by atoms with E-state index in [1.54, 1.807) is 30.1 Å². The second-order valence-corrected chi connectivity index (χ2v) is 10.5. The first-order valence-electron chi connectivity index (χ1n) is 12.8. The number of para-hydroxylation sites is 1. The molecule has 0 spiro atoms. The lowest BCUT2D eigenvalue weighted by Gasteiger charge is -2.24. The maximum Gasteiger partial charge on any atom is 0.326 e. The number of aromatic nitrogens is 1. The Hall–Kier alpha value is -4.03. The number of phenolic OH excluding ortho intramolecular Hbond substituents is 1. The van der Waals surface area contributed by atoms with Gasteiger partial charge in [0.15, 0.2) is 0 Å². The Labute approximate surface area is 236 Å². The average Bonchev–Trinajstić information content (AvgIpc) is 3.34. The smallest absolute Gasteiger partial charge is 0.326 e. The first-order chi connectivity index (χ1) is 19.1. The minimum Gasteiger partial charge on any atom is -0.508 e. The van der Waals surface area contributed by atoms with E-state index in [4.69, 9.17) is 5.73 Å². The van der Waals surface area contributed by atoms with E-state index in [9.17, 15) is 29.4 Å². The number of carbonyl (C=O) groups is 4. The largest absolute Gasteiger partial charge is 0.508 e. The number of hydrogen-bond acceptors (Lipinski definition) is 7. The molecule has 0 radical (unpaired) electrons. The SMILES string of the molecule is CSCCC(N)C(=O)NC(C)C(=O)NC(Cc1c[nH]c2ccccc12)C(=O)NC(Cc1ccc(O)cc1)C(=O)O. The minimum atomic E-state index is -1.29. The van der Waals surface area contributed by atoms with Crippen molar-refractivity contribution in [3.05, 3.63) is 65.9 Å². The third-order valence-corrected chi connectivity index (χ3v) is 7.09. The predicted octanol–water partition coefficient (Wildman–Crippen LogP) is 1.30. The van der Waals surface area contributed by atoms with Gasteiger partial charge in [-0.2, -0.15) is 11.8 Å². The molecule has 40 heavy (non-hydrogen) atoms. The van der Waals surface area contributed by atoms with E-state index >= 15 is 0 Å². The number of aromatic amines is 1. The van der Waals surface area contributed by atoms with Crippen molar-refractivity contribution in [3.8, 4) is 5.75 Å². The summed E-state index contributed by atoms with van der Waals surface area (Å²) in [5, 5.41) is 27.9. The van der Waals surface area contributed by atoms with Gasteiger partial charge in [-0.3, -0.25) is 14.4 Å². The summed E-state index contributed by atoms with van der Waals surface area (Å²) in [6.07, 6.45) is 4.12. The summed E-state index contributed by atoms with van der Waals surface area (Å²) in [7, 11) is 0. The van der Waals surface area contributed by atoms with E-state index in [1.807, 2.05) is 30.5 Å². The Kier molecular flexibility index (Phi) is 11.0. The summed E-state index contributed by atoms with van der Waals surface area (Å²) < 4.78 is 0. The van der Waals surface area contributed by atoms with Crippen LogP contribution < -0.4 is 21.7 Å².